The molecule has 0 aromatic heterocycles. The van der Waals surface area contributed by atoms with Gasteiger partial charge in [-0.05, 0) is 78.4 Å². The van der Waals surface area contributed by atoms with Crippen LogP contribution in [0.1, 0.15) is 36.6 Å². The van der Waals surface area contributed by atoms with E-state index in [-0.39, 0.29) is 29.0 Å². The summed E-state index contributed by atoms with van der Waals surface area (Å²) >= 11 is 0. The first-order valence-electron chi connectivity index (χ1n) is 13.1. The summed E-state index contributed by atoms with van der Waals surface area (Å²) in [6.45, 7) is 0. The van der Waals surface area contributed by atoms with Crippen molar-refractivity contribution in [1.82, 2.24) is 16.2 Å². The predicted octanol–water partition coefficient (Wildman–Crippen LogP) is 3.46. The van der Waals surface area contributed by atoms with E-state index in [0.717, 1.165) is 0 Å². The van der Waals surface area contributed by atoms with Crippen LogP contribution in [0.25, 0.3) is 0 Å². The van der Waals surface area contributed by atoms with Crippen LogP contribution in [-0.4, -0.2) is 49.0 Å². The number of para-hydroxylation sites is 1. The molecule has 0 aliphatic rings. The lowest BCUT2D eigenvalue weighted by atomic mass is 10.0. The maximum absolute atomic E-state index is 13.4. The smallest absolute Gasteiger partial charge is 0.269 e. The number of carbonyl (C=O) groups is 4. The normalized spacial score (nSPS) is 11.0. The molecular formula is C32H30N4O7. The average Bonchev–Trinajstić information content (AvgIpc) is 3.04. The zero-order valence-corrected chi connectivity index (χ0v) is 23.4. The Kier molecular flexibility index (Phi) is 9.93. The first-order chi connectivity index (χ1) is 20.8. The van der Waals surface area contributed by atoms with E-state index in [0.29, 0.717) is 22.6 Å². The molecule has 220 valence electrons. The summed E-state index contributed by atoms with van der Waals surface area (Å²) in [4.78, 5) is 52.1. The molecule has 4 rings (SSSR count). The van der Waals surface area contributed by atoms with Crippen LogP contribution >= 0.6 is 0 Å². The van der Waals surface area contributed by atoms with Crippen LogP contribution in [-0.2, 0) is 11.2 Å². The Balaban J connectivity index is 1.49. The van der Waals surface area contributed by atoms with Crippen molar-refractivity contribution in [2.75, 3.05) is 19.5 Å². The van der Waals surface area contributed by atoms with E-state index in [2.05, 4.69) is 21.5 Å². The highest BCUT2D eigenvalue weighted by molar-refractivity contribution is 6.09. The molecule has 4 aromatic rings. The van der Waals surface area contributed by atoms with Crippen LogP contribution < -0.4 is 31.0 Å². The number of carbonyl (C=O) groups excluding carboxylic acids is 4. The fourth-order valence-electron chi connectivity index (χ4n) is 4.06. The summed E-state index contributed by atoms with van der Waals surface area (Å²) in [6.07, 6.45) is 0.0383. The third kappa shape index (κ3) is 8.10. The Labute approximate surface area is 247 Å². The summed E-state index contributed by atoms with van der Waals surface area (Å²) in [5, 5.41) is 15.1. The molecule has 0 spiro atoms. The van der Waals surface area contributed by atoms with E-state index >= 15 is 0 Å². The standard InChI is InChI=1S/C32H30N4O7/c1-42-24-15-9-21(10-16-24)29(38)33-27-6-4-3-5-26(27)31(40)34-28(19-20-7-13-23(37)14-8-20)32(41)36-35-30(39)22-11-17-25(43-2)18-12-22/h3-18,28,37H,19H2,1-2H3,(H,33,38)(H,34,40)(H,35,39)(H,36,41)/t28-/m1/s1. The van der Waals surface area contributed by atoms with Crippen LogP contribution in [0.4, 0.5) is 5.69 Å². The number of aromatic hydroxyl groups is 1. The lowest BCUT2D eigenvalue weighted by Gasteiger charge is -2.20. The summed E-state index contributed by atoms with van der Waals surface area (Å²) in [5.74, 6) is -1.14. The van der Waals surface area contributed by atoms with Gasteiger partial charge in [-0.2, -0.15) is 0 Å². The number of benzene rings is 4. The van der Waals surface area contributed by atoms with Gasteiger partial charge in [-0.25, -0.2) is 0 Å². The average molecular weight is 583 g/mol. The third-order valence-electron chi connectivity index (χ3n) is 6.42. The number of methoxy groups -OCH3 is 2. The molecule has 0 aliphatic heterocycles. The Morgan fingerprint density at radius 3 is 1.81 bits per heavy atom. The molecule has 0 bridgehead atoms. The van der Waals surface area contributed by atoms with E-state index < -0.39 is 29.7 Å². The zero-order chi connectivity index (χ0) is 30.8. The van der Waals surface area contributed by atoms with Crippen LogP contribution in [0.2, 0.25) is 0 Å². The minimum atomic E-state index is -1.14. The van der Waals surface area contributed by atoms with Gasteiger partial charge in [0.1, 0.15) is 23.3 Å². The van der Waals surface area contributed by atoms with E-state index in [1.807, 2.05) is 0 Å². The fraction of sp³-hybridized carbons (Fsp3) is 0.125. The first kappa shape index (κ1) is 30.1. The number of hydrogen-bond donors (Lipinski definition) is 5. The summed E-state index contributed by atoms with van der Waals surface area (Å²) in [7, 11) is 3.03. The molecule has 0 saturated carbocycles. The first-order valence-corrected chi connectivity index (χ1v) is 13.1. The molecule has 11 nitrogen and oxygen atoms in total. The summed E-state index contributed by atoms with van der Waals surface area (Å²) < 4.78 is 10.2. The number of hydrogen-bond acceptors (Lipinski definition) is 7. The summed E-state index contributed by atoms with van der Waals surface area (Å²) in [6, 6.07) is 24.1. The van der Waals surface area contributed by atoms with Crippen LogP contribution in [0, 0.1) is 0 Å². The van der Waals surface area contributed by atoms with Crippen molar-refractivity contribution in [1.29, 1.82) is 0 Å². The highest BCUT2D eigenvalue weighted by atomic mass is 16.5. The lowest BCUT2D eigenvalue weighted by molar-refractivity contribution is -0.123. The van der Waals surface area contributed by atoms with Crippen molar-refractivity contribution in [3.63, 3.8) is 0 Å². The molecule has 4 amide bonds. The lowest BCUT2D eigenvalue weighted by Crippen LogP contribution is -2.53. The Morgan fingerprint density at radius 2 is 1.23 bits per heavy atom. The van der Waals surface area contributed by atoms with Gasteiger partial charge < -0.3 is 25.2 Å². The fourth-order valence-corrected chi connectivity index (χ4v) is 4.06. The molecule has 0 aliphatic carbocycles. The van der Waals surface area contributed by atoms with Crippen molar-refractivity contribution in [2.24, 2.45) is 0 Å². The summed E-state index contributed by atoms with van der Waals surface area (Å²) in [5.41, 5.74) is 6.34. The van der Waals surface area contributed by atoms with Gasteiger partial charge in [0.05, 0.1) is 25.5 Å². The Hall–Kier alpha value is -5.84. The van der Waals surface area contributed by atoms with Crippen LogP contribution in [0.3, 0.4) is 0 Å². The second kappa shape index (κ2) is 14.2. The number of phenols is 1. The van der Waals surface area contributed by atoms with Crippen molar-refractivity contribution in [2.45, 2.75) is 12.5 Å². The van der Waals surface area contributed by atoms with Gasteiger partial charge in [0.15, 0.2) is 0 Å². The Bertz CT molecular complexity index is 1590. The van der Waals surface area contributed by atoms with E-state index in [1.165, 1.54) is 44.6 Å². The number of rotatable bonds is 10. The molecule has 0 radical (unpaired) electrons. The molecule has 0 heterocycles. The second-order valence-corrected chi connectivity index (χ2v) is 9.30. The molecule has 0 fully saturated rings. The minimum absolute atomic E-state index is 0.0383. The third-order valence-corrected chi connectivity index (χ3v) is 6.42. The SMILES string of the molecule is COc1ccc(C(=O)NNC(=O)[C@@H](Cc2ccc(O)cc2)NC(=O)c2ccccc2NC(=O)c2ccc(OC)cc2)cc1. The van der Waals surface area contributed by atoms with Crippen molar-refractivity contribution < 1.29 is 33.8 Å². The van der Waals surface area contributed by atoms with Gasteiger partial charge in [0.25, 0.3) is 23.6 Å². The topological polar surface area (TPSA) is 155 Å². The van der Waals surface area contributed by atoms with Gasteiger partial charge in [0.2, 0.25) is 0 Å². The Morgan fingerprint density at radius 1 is 0.674 bits per heavy atom. The predicted molar refractivity (Wildman–Crippen MR) is 159 cm³/mol. The van der Waals surface area contributed by atoms with Gasteiger partial charge in [0, 0.05) is 17.5 Å². The number of anilines is 1. The molecule has 0 saturated heterocycles. The minimum Gasteiger partial charge on any atom is -0.508 e. The van der Waals surface area contributed by atoms with E-state index in [4.69, 9.17) is 9.47 Å². The van der Waals surface area contributed by atoms with Gasteiger partial charge in [-0.1, -0.05) is 24.3 Å². The molecular weight excluding hydrogens is 552 g/mol. The highest BCUT2D eigenvalue weighted by Gasteiger charge is 2.24. The monoisotopic (exact) mass is 582 g/mol. The van der Waals surface area contributed by atoms with Crippen LogP contribution in [0.15, 0.2) is 97.1 Å². The van der Waals surface area contributed by atoms with E-state index in [9.17, 15) is 24.3 Å². The van der Waals surface area contributed by atoms with Gasteiger partial charge in [-0.3, -0.25) is 30.0 Å². The zero-order valence-electron chi connectivity index (χ0n) is 23.4. The van der Waals surface area contributed by atoms with Crippen molar-refractivity contribution in [3.8, 4) is 17.2 Å². The molecule has 11 heteroatoms. The number of nitrogens with one attached hydrogen (secondary N) is 4. The second-order valence-electron chi connectivity index (χ2n) is 9.30. The van der Waals surface area contributed by atoms with Crippen molar-refractivity contribution >= 4 is 29.3 Å². The number of amides is 4. The largest absolute Gasteiger partial charge is 0.508 e. The van der Waals surface area contributed by atoms with Gasteiger partial charge >= 0.3 is 0 Å². The van der Waals surface area contributed by atoms with Crippen LogP contribution in [0.5, 0.6) is 17.2 Å². The highest BCUT2D eigenvalue weighted by Crippen LogP contribution is 2.19. The number of ether oxygens (including phenoxy) is 2. The molecule has 1 atom stereocenters. The molecule has 43 heavy (non-hydrogen) atoms. The molecule has 4 aromatic carbocycles. The maximum Gasteiger partial charge on any atom is 0.269 e. The van der Waals surface area contributed by atoms with Gasteiger partial charge in [-0.15, -0.1) is 0 Å². The molecule has 5 N–H and O–H groups in total. The van der Waals surface area contributed by atoms with Crippen molar-refractivity contribution in [3.05, 3.63) is 119 Å². The number of hydrazine groups is 1. The quantitative estimate of drug-likeness (QED) is 0.179. The number of phenolic OH excluding ortho intramolecular Hbond substituents is 1. The maximum atomic E-state index is 13.4. The molecule has 0 unspecified atom stereocenters. The van der Waals surface area contributed by atoms with E-state index in [1.54, 1.807) is 66.7 Å².